The Bertz CT molecular complexity index is 1300. The van der Waals surface area contributed by atoms with Gasteiger partial charge in [-0.2, -0.15) is 12.6 Å². The summed E-state index contributed by atoms with van der Waals surface area (Å²) in [5.74, 6) is 6.94. The minimum atomic E-state index is -0.436. The lowest BCUT2D eigenvalue weighted by Crippen LogP contribution is -2.22. The molecule has 0 aromatic carbocycles. The summed E-state index contributed by atoms with van der Waals surface area (Å²) in [6, 6.07) is -0.0594. The van der Waals surface area contributed by atoms with Gasteiger partial charge >= 0.3 is 29.8 Å². The van der Waals surface area contributed by atoms with E-state index in [9.17, 15) is 24.0 Å². The highest BCUT2D eigenvalue weighted by Crippen LogP contribution is 2.22. The molecule has 0 amide bonds. The first kappa shape index (κ1) is 70.6. The molecule has 0 aromatic rings. The van der Waals surface area contributed by atoms with Crippen LogP contribution in [0.5, 0.6) is 0 Å². The number of carbonyl (C=O) groups excluding carboxylic acids is 5. The second-order valence-corrected chi connectivity index (χ2v) is 25.6. The molecule has 0 heterocycles. The molecule has 0 aromatic heterocycles. The zero-order valence-electron chi connectivity index (χ0n) is 42.2. The topological polar surface area (TPSA) is 132 Å². The van der Waals surface area contributed by atoms with Gasteiger partial charge in [-0.15, -0.1) is 47.0 Å². The fourth-order valence-electron chi connectivity index (χ4n) is 2.80. The summed E-state index contributed by atoms with van der Waals surface area (Å²) in [6.07, 6.45) is 17.7. The van der Waals surface area contributed by atoms with E-state index in [4.69, 9.17) is 30.5 Å². The van der Waals surface area contributed by atoms with Crippen molar-refractivity contribution < 1.29 is 47.7 Å². The molecular weight excluding hydrogens is 984 g/mol. The molecule has 0 N–H and O–H groups in total. The lowest BCUT2D eigenvalue weighted by atomic mass is 9.98. The minimum Gasteiger partial charge on any atom is -0.454 e. The first-order valence-corrected chi connectivity index (χ1v) is 29.5. The molecule has 0 unspecified atom stereocenters. The number of alkyl halides is 1. The van der Waals surface area contributed by atoms with Crippen molar-refractivity contribution in [2.75, 3.05) is 70.1 Å². The summed E-state index contributed by atoms with van der Waals surface area (Å²) in [6.45, 7) is 29.7. The molecule has 0 spiro atoms. The first-order valence-electron chi connectivity index (χ1n) is 21.2. The van der Waals surface area contributed by atoms with Crippen molar-refractivity contribution in [3.05, 3.63) is 48.6 Å². The Kier molecular flexibility index (Phi) is 45.6. The first-order chi connectivity index (χ1) is 30.0. The molecule has 18 heteroatoms. The van der Waals surface area contributed by atoms with Gasteiger partial charge in [0, 0.05) is 40.3 Å². The second-order valence-electron chi connectivity index (χ2n) is 18.5. The largest absolute Gasteiger partial charge is 0.454 e. The second kappa shape index (κ2) is 42.0. The number of ether oxygens (including phenoxy) is 5. The lowest BCUT2D eigenvalue weighted by molar-refractivity contribution is -0.151. The quantitative estimate of drug-likeness (QED) is 0.0144. The molecule has 0 rings (SSSR count). The van der Waals surface area contributed by atoms with E-state index >= 15 is 0 Å². The number of allylic oxidation sites excluding steroid dienone is 1. The van der Waals surface area contributed by atoms with E-state index in [0.29, 0.717) is 23.8 Å². The monoisotopic (exact) mass is 1070 g/mol. The highest BCUT2D eigenvalue weighted by atomic mass is 35.5. The summed E-state index contributed by atoms with van der Waals surface area (Å²) in [7, 11) is 3.62. The third kappa shape index (κ3) is 52.3. The van der Waals surface area contributed by atoms with Gasteiger partial charge in [0.1, 0.15) is 23.8 Å². The molecule has 0 aliphatic heterocycles. The highest BCUT2D eigenvalue weighted by Gasteiger charge is 2.25. The molecule has 0 radical (unpaired) electrons. The van der Waals surface area contributed by atoms with Crippen molar-refractivity contribution in [3.63, 3.8) is 0 Å². The van der Waals surface area contributed by atoms with Crippen LogP contribution in [0.4, 0.5) is 0 Å². The zero-order chi connectivity index (χ0) is 51.0. The van der Waals surface area contributed by atoms with E-state index in [1.807, 2.05) is 117 Å². The van der Waals surface area contributed by atoms with Gasteiger partial charge in [-0.05, 0) is 110 Å². The van der Waals surface area contributed by atoms with E-state index in [0.717, 1.165) is 46.7 Å². The Balaban J connectivity index is -0.000000422. The van der Waals surface area contributed by atoms with Crippen LogP contribution in [-0.4, -0.2) is 99.9 Å². The smallest absolute Gasteiger partial charge is 0.312 e. The van der Waals surface area contributed by atoms with Gasteiger partial charge in [0.05, 0.1) is 27.1 Å². The van der Waals surface area contributed by atoms with Crippen LogP contribution in [0.3, 0.4) is 0 Å². The number of halogens is 1. The van der Waals surface area contributed by atoms with Crippen LogP contribution in [0.15, 0.2) is 48.6 Å². The van der Waals surface area contributed by atoms with Gasteiger partial charge < -0.3 is 23.7 Å². The van der Waals surface area contributed by atoms with E-state index in [1.165, 1.54) is 0 Å². The molecular formula is C47H83ClO10S7. The van der Waals surface area contributed by atoms with Crippen molar-refractivity contribution >= 4 is 123 Å². The van der Waals surface area contributed by atoms with Crippen LogP contribution in [-0.2, 0) is 47.7 Å². The predicted molar refractivity (Wildman–Crippen MR) is 293 cm³/mol. The number of thiol groups is 1. The van der Waals surface area contributed by atoms with Gasteiger partial charge in [-0.1, -0.05) is 88.7 Å². The maximum atomic E-state index is 11.6. The van der Waals surface area contributed by atoms with E-state index in [-0.39, 0.29) is 41.3 Å². The fraction of sp³-hybridized carbons (Fsp3) is 0.723. The molecule has 0 saturated carbocycles. The summed E-state index contributed by atoms with van der Waals surface area (Å²) in [5, 5.41) is 0. The van der Waals surface area contributed by atoms with Gasteiger partial charge in [0.2, 0.25) is 0 Å². The molecule has 0 bridgehead atoms. The predicted octanol–water partition coefficient (Wildman–Crippen LogP) is 13.8. The summed E-state index contributed by atoms with van der Waals surface area (Å²) < 4.78 is 25.0. The fourth-order valence-corrected chi connectivity index (χ4v) is 6.96. The molecule has 10 nitrogen and oxygen atoms in total. The van der Waals surface area contributed by atoms with Crippen molar-refractivity contribution in [3.8, 4) is 0 Å². The van der Waals surface area contributed by atoms with Gasteiger partial charge in [-0.25, -0.2) is 0 Å². The normalized spacial score (nSPS) is 12.2. The maximum absolute atomic E-state index is 11.6. The van der Waals surface area contributed by atoms with Crippen LogP contribution >= 0.6 is 92.9 Å². The van der Waals surface area contributed by atoms with Crippen LogP contribution in [0, 0.1) is 27.1 Å². The summed E-state index contributed by atoms with van der Waals surface area (Å²) in [5.41, 5.74) is -2.09. The standard InChI is InChI=1S/C20H34O4S4.C11H20O2S.C10H18O2S2.C6H11ClO2/c1-19(2,3)17(21)23-15-25-11-7-9-13-27-28-14-10-8-12-26-16-24-18(22)20(4,5)6;1-5-6-7-8-14-9-13-10(12)11(2,3)4;1-10(2,3)9(11)12-8-14-7-5-4-6-13;1-6(2,3)5(8)9-4-7/h7-10H,11-16H2,1-6H3;6-7H,5,8-9H2,1-4H3;4-5,13H,6-8H2,1-3H3;4H2,1-3H3/b9-7-,10-8-;7-6-;5-4-;. The van der Waals surface area contributed by atoms with Crippen LogP contribution in [0.1, 0.15) is 117 Å². The SMILES string of the molecule is CC(C)(C)C(=O)OCCl.CC(C)(C)C(=O)OCSC/C=C\CS.CC(C)(C)C(=O)OCSC/C=C\CSSC/C=C\CSCOC(=O)C(C)(C)C.CC/C=C\CSCOC(=O)C(C)(C)C. The lowest BCUT2D eigenvalue weighted by Gasteiger charge is -2.15. The number of hydrogen-bond donors (Lipinski definition) is 1. The molecule has 0 aliphatic rings. The zero-order valence-corrected chi connectivity index (χ0v) is 48.7. The van der Waals surface area contributed by atoms with Gasteiger partial charge in [-0.3, -0.25) is 24.0 Å². The molecule has 0 aliphatic carbocycles. The number of hydrogen-bond acceptors (Lipinski definition) is 17. The molecule has 380 valence electrons. The minimum absolute atomic E-state index is 0.0594. The maximum Gasteiger partial charge on any atom is 0.312 e. The van der Waals surface area contributed by atoms with E-state index < -0.39 is 21.7 Å². The Labute approximate surface area is 430 Å². The number of carbonyl (C=O) groups is 5. The third-order valence-corrected chi connectivity index (χ3v) is 11.9. The summed E-state index contributed by atoms with van der Waals surface area (Å²) >= 11 is 15.6. The number of esters is 5. The van der Waals surface area contributed by atoms with Crippen molar-refractivity contribution in [1.29, 1.82) is 0 Å². The van der Waals surface area contributed by atoms with Crippen LogP contribution < -0.4 is 0 Å². The average Bonchev–Trinajstić information content (AvgIpc) is 3.19. The highest BCUT2D eigenvalue weighted by molar-refractivity contribution is 8.76. The van der Waals surface area contributed by atoms with Gasteiger partial charge in [0.25, 0.3) is 0 Å². The molecule has 0 fully saturated rings. The number of rotatable bonds is 24. The Morgan fingerprint density at radius 1 is 0.400 bits per heavy atom. The average molecular weight is 1070 g/mol. The van der Waals surface area contributed by atoms with E-state index in [2.05, 4.69) is 60.7 Å². The number of thioether (sulfide) groups is 4. The van der Waals surface area contributed by atoms with Crippen LogP contribution in [0.2, 0.25) is 0 Å². The Hall–Kier alpha value is -0.950. The third-order valence-electron chi connectivity index (χ3n) is 6.62. The van der Waals surface area contributed by atoms with Crippen LogP contribution in [0.25, 0.3) is 0 Å². The van der Waals surface area contributed by atoms with E-state index in [1.54, 1.807) is 67.8 Å². The van der Waals surface area contributed by atoms with Crippen molar-refractivity contribution in [2.24, 2.45) is 27.1 Å². The van der Waals surface area contributed by atoms with Gasteiger partial charge in [0.15, 0.2) is 6.07 Å². The Morgan fingerprint density at radius 3 is 0.846 bits per heavy atom. The molecule has 0 atom stereocenters. The summed E-state index contributed by atoms with van der Waals surface area (Å²) in [4.78, 5) is 56.5. The van der Waals surface area contributed by atoms with Crippen molar-refractivity contribution in [2.45, 2.75) is 117 Å². The molecule has 0 saturated heterocycles. The Morgan fingerprint density at radius 2 is 0.631 bits per heavy atom. The molecule has 65 heavy (non-hydrogen) atoms. The van der Waals surface area contributed by atoms with Crippen molar-refractivity contribution in [1.82, 2.24) is 0 Å².